The molecule has 2 rings (SSSR count). The van der Waals surface area contributed by atoms with Gasteiger partial charge in [-0.15, -0.1) is 0 Å². The van der Waals surface area contributed by atoms with Gasteiger partial charge in [0.15, 0.2) is 17.4 Å². The van der Waals surface area contributed by atoms with Crippen molar-refractivity contribution >= 4 is 17.7 Å². The third kappa shape index (κ3) is 4.10. The van der Waals surface area contributed by atoms with Crippen LogP contribution in [0.5, 0.6) is 11.5 Å². The second-order valence-electron chi connectivity index (χ2n) is 5.44. The number of hydrogen-bond donors (Lipinski definition) is 1. The molecule has 0 atom stereocenters. The maximum Gasteiger partial charge on any atom is 0.331 e. The van der Waals surface area contributed by atoms with E-state index >= 15 is 0 Å². The molecular weight excluding hydrogens is 316 g/mol. The summed E-state index contributed by atoms with van der Waals surface area (Å²) in [6.07, 6.45) is 1.19. The summed E-state index contributed by atoms with van der Waals surface area (Å²) < 4.78 is 33.6. The second kappa shape index (κ2) is 7.12. The number of carbonyl (C=O) groups is 1. The number of anilines is 1. The van der Waals surface area contributed by atoms with E-state index in [4.69, 9.17) is 9.84 Å². The number of ether oxygens (including phenoxy) is 1. The van der Waals surface area contributed by atoms with Crippen molar-refractivity contribution in [1.29, 1.82) is 0 Å². The number of aliphatic carboxylic acids is 1. The summed E-state index contributed by atoms with van der Waals surface area (Å²) in [6.45, 7) is 1.34. The molecule has 0 aromatic heterocycles. The Hall–Kier alpha value is -2.89. The monoisotopic (exact) mass is 333 g/mol. The second-order valence-corrected chi connectivity index (χ2v) is 5.44. The van der Waals surface area contributed by atoms with Crippen LogP contribution >= 0.6 is 0 Å². The Morgan fingerprint density at radius 2 is 1.79 bits per heavy atom. The number of benzene rings is 2. The molecule has 0 aliphatic heterocycles. The first-order valence-electron chi connectivity index (χ1n) is 7.14. The summed E-state index contributed by atoms with van der Waals surface area (Å²) >= 11 is 0. The fraction of sp³-hybridized carbons (Fsp3) is 0.167. The van der Waals surface area contributed by atoms with Crippen molar-refractivity contribution in [3.05, 3.63) is 59.2 Å². The van der Waals surface area contributed by atoms with Crippen molar-refractivity contribution in [3.63, 3.8) is 0 Å². The number of hydrogen-bond acceptors (Lipinski definition) is 3. The zero-order valence-electron chi connectivity index (χ0n) is 13.5. The van der Waals surface area contributed by atoms with E-state index in [0.717, 1.165) is 17.8 Å². The van der Waals surface area contributed by atoms with E-state index in [-0.39, 0.29) is 11.1 Å². The maximum absolute atomic E-state index is 14.2. The van der Waals surface area contributed by atoms with Crippen LogP contribution < -0.4 is 9.64 Å². The van der Waals surface area contributed by atoms with Crippen LogP contribution in [0.3, 0.4) is 0 Å². The van der Waals surface area contributed by atoms with Gasteiger partial charge in [0, 0.05) is 31.4 Å². The minimum Gasteiger partial charge on any atom is -0.478 e. The molecule has 0 heterocycles. The Morgan fingerprint density at radius 3 is 2.33 bits per heavy atom. The van der Waals surface area contributed by atoms with E-state index < -0.39 is 23.4 Å². The lowest BCUT2D eigenvalue weighted by atomic mass is 10.1. The van der Waals surface area contributed by atoms with Gasteiger partial charge in [-0.2, -0.15) is 0 Å². The van der Waals surface area contributed by atoms with Crippen molar-refractivity contribution < 1.29 is 23.4 Å². The SMILES string of the molecule is C/C(=C\c1cc(F)c(Oc2cccc(N(C)C)c2)c(F)c1)C(=O)O. The Kier molecular flexibility index (Phi) is 5.18. The Labute approximate surface area is 138 Å². The van der Waals surface area contributed by atoms with Crippen molar-refractivity contribution in [3.8, 4) is 11.5 Å². The molecule has 4 nitrogen and oxygen atoms in total. The molecular formula is C18H17F2NO3. The van der Waals surface area contributed by atoms with Crippen LogP contribution in [0.4, 0.5) is 14.5 Å². The predicted octanol–water partition coefficient (Wildman–Crippen LogP) is 4.31. The van der Waals surface area contributed by atoms with Gasteiger partial charge in [0.1, 0.15) is 5.75 Å². The molecule has 2 aromatic carbocycles. The largest absolute Gasteiger partial charge is 0.478 e. The van der Waals surface area contributed by atoms with E-state index in [2.05, 4.69) is 0 Å². The van der Waals surface area contributed by atoms with Crippen molar-refractivity contribution in [2.24, 2.45) is 0 Å². The van der Waals surface area contributed by atoms with Crippen LogP contribution in [-0.4, -0.2) is 25.2 Å². The van der Waals surface area contributed by atoms with Crippen LogP contribution in [0.1, 0.15) is 12.5 Å². The first-order valence-corrected chi connectivity index (χ1v) is 7.14. The molecule has 0 aliphatic rings. The number of nitrogens with zero attached hydrogens (tertiary/aromatic N) is 1. The van der Waals surface area contributed by atoms with E-state index in [9.17, 15) is 13.6 Å². The van der Waals surface area contributed by atoms with Crippen LogP contribution in [0.2, 0.25) is 0 Å². The normalized spacial score (nSPS) is 11.3. The summed E-state index contributed by atoms with van der Waals surface area (Å²) in [5, 5.41) is 8.82. The first-order chi connectivity index (χ1) is 11.3. The molecule has 0 radical (unpaired) electrons. The summed E-state index contributed by atoms with van der Waals surface area (Å²) in [4.78, 5) is 12.6. The number of carboxylic acid groups (broad SMARTS) is 1. The molecule has 0 amide bonds. The third-order valence-corrected chi connectivity index (χ3v) is 3.30. The van der Waals surface area contributed by atoms with E-state index in [1.54, 1.807) is 18.2 Å². The third-order valence-electron chi connectivity index (χ3n) is 3.30. The van der Waals surface area contributed by atoms with Gasteiger partial charge in [0.2, 0.25) is 0 Å². The van der Waals surface area contributed by atoms with Gasteiger partial charge in [-0.3, -0.25) is 0 Å². The lowest BCUT2D eigenvalue weighted by Crippen LogP contribution is -2.08. The van der Waals surface area contributed by atoms with E-state index in [1.165, 1.54) is 13.0 Å². The Morgan fingerprint density at radius 1 is 1.17 bits per heavy atom. The maximum atomic E-state index is 14.2. The minimum absolute atomic E-state index is 0.0267. The van der Waals surface area contributed by atoms with Crippen molar-refractivity contribution in [1.82, 2.24) is 0 Å². The number of rotatable bonds is 5. The molecule has 24 heavy (non-hydrogen) atoms. The van der Waals surface area contributed by atoms with Gasteiger partial charge < -0.3 is 14.7 Å². The average Bonchev–Trinajstić information content (AvgIpc) is 2.51. The van der Waals surface area contributed by atoms with Gasteiger partial charge in [-0.05, 0) is 42.8 Å². The topological polar surface area (TPSA) is 49.8 Å². The Balaban J connectivity index is 2.34. The average molecular weight is 333 g/mol. The summed E-state index contributed by atoms with van der Waals surface area (Å²) in [6, 6.07) is 8.85. The lowest BCUT2D eigenvalue weighted by molar-refractivity contribution is -0.132. The van der Waals surface area contributed by atoms with Gasteiger partial charge in [0.25, 0.3) is 0 Å². The Bertz CT molecular complexity index is 778. The number of halogens is 2. The van der Waals surface area contributed by atoms with E-state index in [0.29, 0.717) is 5.75 Å². The first kappa shape index (κ1) is 17.5. The predicted molar refractivity (Wildman–Crippen MR) is 88.5 cm³/mol. The van der Waals surface area contributed by atoms with Crippen LogP contribution in [0, 0.1) is 11.6 Å². The molecule has 6 heteroatoms. The zero-order valence-corrected chi connectivity index (χ0v) is 13.5. The summed E-state index contributed by atoms with van der Waals surface area (Å²) in [7, 11) is 3.68. The quantitative estimate of drug-likeness (QED) is 0.828. The van der Waals surface area contributed by atoms with E-state index in [1.807, 2.05) is 25.1 Å². The molecule has 0 spiro atoms. The highest BCUT2D eigenvalue weighted by atomic mass is 19.1. The number of carboxylic acids is 1. The fourth-order valence-electron chi connectivity index (χ4n) is 2.02. The molecule has 0 aliphatic carbocycles. The summed E-state index contributed by atoms with van der Waals surface area (Å²) in [5.74, 6) is -3.21. The summed E-state index contributed by atoms with van der Waals surface area (Å²) in [5.41, 5.74) is 0.908. The van der Waals surface area contributed by atoms with Crippen molar-refractivity contribution in [2.75, 3.05) is 19.0 Å². The van der Waals surface area contributed by atoms with Crippen molar-refractivity contribution in [2.45, 2.75) is 6.92 Å². The molecule has 0 fully saturated rings. The molecule has 0 bridgehead atoms. The van der Waals surface area contributed by atoms with Gasteiger partial charge >= 0.3 is 5.97 Å². The highest BCUT2D eigenvalue weighted by molar-refractivity contribution is 5.91. The lowest BCUT2D eigenvalue weighted by Gasteiger charge is -2.14. The standard InChI is InChI=1S/C18H17F2NO3/c1-11(18(22)23)7-12-8-15(19)17(16(20)9-12)24-14-6-4-5-13(10-14)21(2)3/h4-10H,1-3H3,(H,22,23)/b11-7+. The van der Waals surface area contributed by atoms with Gasteiger partial charge in [0.05, 0.1) is 0 Å². The molecule has 0 saturated heterocycles. The molecule has 2 aromatic rings. The highest BCUT2D eigenvalue weighted by Crippen LogP contribution is 2.31. The molecule has 126 valence electrons. The van der Waals surface area contributed by atoms with Crippen LogP contribution in [0.25, 0.3) is 6.08 Å². The van der Waals surface area contributed by atoms with Crippen LogP contribution in [-0.2, 0) is 4.79 Å². The van der Waals surface area contributed by atoms with Crippen LogP contribution in [0.15, 0.2) is 42.0 Å². The van der Waals surface area contributed by atoms with Gasteiger partial charge in [-0.1, -0.05) is 6.07 Å². The molecule has 0 saturated carbocycles. The van der Waals surface area contributed by atoms with Gasteiger partial charge in [-0.25, -0.2) is 13.6 Å². The zero-order chi connectivity index (χ0) is 17.9. The smallest absolute Gasteiger partial charge is 0.331 e. The molecule has 1 N–H and O–H groups in total. The fourth-order valence-corrected chi connectivity index (χ4v) is 2.02. The minimum atomic E-state index is -1.16. The molecule has 0 unspecified atom stereocenters. The highest BCUT2D eigenvalue weighted by Gasteiger charge is 2.14.